The highest BCUT2D eigenvalue weighted by atomic mass is 16.5. The molecule has 0 saturated carbocycles. The molecule has 4 nitrogen and oxygen atoms in total. The van der Waals surface area contributed by atoms with Gasteiger partial charge in [0.2, 0.25) is 6.41 Å². The Hall–Kier alpha value is -2.49. The largest absolute Gasteiger partial charge is 0.457 e. The Balaban J connectivity index is 3.02. The van der Waals surface area contributed by atoms with E-state index >= 15 is 0 Å². The Morgan fingerprint density at radius 3 is 2.76 bits per heavy atom. The number of carbonyl (C=O) groups excluding carboxylic acids is 1. The molecular weight excluding hydrogens is 264 g/mol. The fourth-order valence-corrected chi connectivity index (χ4v) is 1.85. The van der Waals surface area contributed by atoms with Crippen LogP contribution in [-0.4, -0.2) is 6.41 Å². The van der Waals surface area contributed by atoms with E-state index in [0.717, 1.165) is 28.3 Å². The molecule has 0 unspecified atom stereocenters. The summed E-state index contributed by atoms with van der Waals surface area (Å²) in [5.41, 5.74) is 9.41. The molecule has 1 rings (SSSR count). The van der Waals surface area contributed by atoms with E-state index in [1.165, 1.54) is 0 Å². The maximum atomic E-state index is 10.3. The van der Waals surface area contributed by atoms with Crippen molar-refractivity contribution in [2.24, 2.45) is 5.73 Å². The summed E-state index contributed by atoms with van der Waals surface area (Å²) < 4.78 is 5.92. The molecule has 3 N–H and O–H groups in total. The number of amides is 1. The first-order valence-corrected chi connectivity index (χ1v) is 6.71. The van der Waals surface area contributed by atoms with Gasteiger partial charge in [-0.1, -0.05) is 12.7 Å². The number of carbonyl (C=O) groups is 1. The minimum Gasteiger partial charge on any atom is -0.457 e. The van der Waals surface area contributed by atoms with Crippen molar-refractivity contribution in [2.45, 2.75) is 27.2 Å². The fourth-order valence-electron chi connectivity index (χ4n) is 1.85. The van der Waals surface area contributed by atoms with Crippen LogP contribution in [0.1, 0.15) is 27.2 Å². The van der Waals surface area contributed by atoms with Crippen molar-refractivity contribution < 1.29 is 9.53 Å². The highest BCUT2D eigenvalue weighted by molar-refractivity contribution is 5.50. The van der Waals surface area contributed by atoms with Crippen LogP contribution >= 0.6 is 0 Å². The summed E-state index contributed by atoms with van der Waals surface area (Å²) in [5.74, 6) is 1.37. The first kappa shape index (κ1) is 16.6. The number of hydrogen-bond acceptors (Lipinski definition) is 3. The Morgan fingerprint density at radius 1 is 1.43 bits per heavy atom. The van der Waals surface area contributed by atoms with Crippen LogP contribution in [0.5, 0.6) is 0 Å². The summed E-state index contributed by atoms with van der Waals surface area (Å²) in [5, 5.41) is 2.56. The minimum atomic E-state index is 0.595. The molecule has 21 heavy (non-hydrogen) atoms. The Morgan fingerprint density at radius 2 is 2.14 bits per heavy atom. The summed E-state index contributed by atoms with van der Waals surface area (Å²) >= 11 is 0. The lowest BCUT2D eigenvalue weighted by molar-refractivity contribution is -0.108. The van der Waals surface area contributed by atoms with Gasteiger partial charge in [0.15, 0.2) is 0 Å². The van der Waals surface area contributed by atoms with Crippen LogP contribution in [0.15, 0.2) is 71.0 Å². The van der Waals surface area contributed by atoms with Crippen LogP contribution in [0.3, 0.4) is 0 Å². The van der Waals surface area contributed by atoms with Crippen LogP contribution in [0.25, 0.3) is 0 Å². The minimum absolute atomic E-state index is 0.595. The molecule has 0 bridgehead atoms. The van der Waals surface area contributed by atoms with E-state index in [-0.39, 0.29) is 0 Å². The van der Waals surface area contributed by atoms with Crippen molar-refractivity contribution in [1.29, 1.82) is 0 Å². The molecule has 1 aliphatic rings. The van der Waals surface area contributed by atoms with Gasteiger partial charge in [0.1, 0.15) is 11.5 Å². The quantitative estimate of drug-likeness (QED) is 0.448. The molecule has 1 aliphatic carbocycles. The molecule has 4 heteroatoms. The Labute approximate surface area is 126 Å². The van der Waals surface area contributed by atoms with E-state index in [9.17, 15) is 4.79 Å². The summed E-state index contributed by atoms with van der Waals surface area (Å²) in [6.07, 6.45) is 10.4. The zero-order chi connectivity index (χ0) is 15.8. The van der Waals surface area contributed by atoms with Gasteiger partial charge >= 0.3 is 0 Å². The second-order valence-electron chi connectivity index (χ2n) is 4.81. The Bertz CT molecular complexity index is 576. The smallest absolute Gasteiger partial charge is 0.211 e. The third-order valence-electron chi connectivity index (χ3n) is 2.97. The predicted octanol–water partition coefficient (Wildman–Crippen LogP) is 3.19. The summed E-state index contributed by atoms with van der Waals surface area (Å²) in [7, 11) is 0. The summed E-state index contributed by atoms with van der Waals surface area (Å²) in [6, 6.07) is 0. The maximum absolute atomic E-state index is 10.3. The van der Waals surface area contributed by atoms with Crippen LogP contribution in [-0.2, 0) is 9.53 Å². The molecule has 0 fully saturated rings. The van der Waals surface area contributed by atoms with Crippen LogP contribution < -0.4 is 11.1 Å². The van der Waals surface area contributed by atoms with Gasteiger partial charge in [0.05, 0.1) is 0 Å². The molecule has 0 aliphatic heterocycles. The van der Waals surface area contributed by atoms with Gasteiger partial charge in [-0.3, -0.25) is 4.79 Å². The average molecular weight is 286 g/mol. The van der Waals surface area contributed by atoms with E-state index in [1.54, 1.807) is 25.2 Å². The monoisotopic (exact) mass is 286 g/mol. The number of allylic oxidation sites excluding steroid dienone is 8. The lowest BCUT2D eigenvalue weighted by atomic mass is 10.1. The van der Waals surface area contributed by atoms with Crippen molar-refractivity contribution in [2.75, 3.05) is 0 Å². The number of nitrogens with two attached hydrogens (primary N) is 1. The normalized spacial score (nSPS) is 16.7. The molecule has 112 valence electrons. The molecule has 0 aromatic carbocycles. The number of rotatable bonds is 6. The standard InChI is InChI=1S/C17H22N2O2/c1-5-16(9-7-14(4)19-11-20)21-17-12(2)6-8-15(18)10-13(17)3/h5-7,9-11H,1,8,18H2,2-4H3,(H,19,20)/b14-7+,16-9+. The van der Waals surface area contributed by atoms with Crippen LogP contribution in [0.2, 0.25) is 0 Å². The van der Waals surface area contributed by atoms with Gasteiger partial charge in [-0.05, 0) is 56.2 Å². The molecule has 0 heterocycles. The van der Waals surface area contributed by atoms with Gasteiger partial charge < -0.3 is 15.8 Å². The van der Waals surface area contributed by atoms with Crippen molar-refractivity contribution in [1.82, 2.24) is 5.32 Å². The SMILES string of the molecule is C=C/C(=C\C=C(/C)NC=O)OC1=C(C)C=C(N)CC=C1C. The molecular formula is C17H22N2O2. The average Bonchev–Trinajstić information content (AvgIpc) is 2.55. The van der Waals surface area contributed by atoms with Crippen LogP contribution in [0.4, 0.5) is 0 Å². The van der Waals surface area contributed by atoms with Crippen molar-refractivity contribution >= 4 is 6.41 Å². The first-order valence-electron chi connectivity index (χ1n) is 6.71. The van der Waals surface area contributed by atoms with Crippen LogP contribution in [0, 0.1) is 0 Å². The second-order valence-corrected chi connectivity index (χ2v) is 4.81. The number of hydrogen-bond donors (Lipinski definition) is 2. The van der Waals surface area contributed by atoms with E-state index in [0.29, 0.717) is 18.6 Å². The topological polar surface area (TPSA) is 64.3 Å². The van der Waals surface area contributed by atoms with Gasteiger partial charge in [0.25, 0.3) is 0 Å². The Kier molecular flexibility index (Phi) is 6.27. The van der Waals surface area contributed by atoms with Gasteiger partial charge in [-0.2, -0.15) is 0 Å². The zero-order valence-corrected chi connectivity index (χ0v) is 12.8. The molecule has 0 aromatic rings. The molecule has 0 radical (unpaired) electrons. The molecule has 0 spiro atoms. The van der Waals surface area contributed by atoms with E-state index < -0.39 is 0 Å². The molecule has 1 amide bonds. The molecule has 0 aromatic heterocycles. The number of ether oxygens (including phenoxy) is 1. The van der Waals surface area contributed by atoms with Gasteiger partial charge in [-0.15, -0.1) is 0 Å². The van der Waals surface area contributed by atoms with E-state index in [1.807, 2.05) is 26.0 Å². The fraction of sp³-hybridized carbons (Fsp3) is 0.235. The van der Waals surface area contributed by atoms with E-state index in [2.05, 4.69) is 11.9 Å². The van der Waals surface area contributed by atoms with Crippen molar-refractivity contribution in [3.63, 3.8) is 0 Å². The third-order valence-corrected chi connectivity index (χ3v) is 2.97. The third kappa shape index (κ3) is 5.18. The van der Waals surface area contributed by atoms with Crippen molar-refractivity contribution in [3.8, 4) is 0 Å². The lowest BCUT2D eigenvalue weighted by Gasteiger charge is -2.12. The number of nitrogens with one attached hydrogen (secondary N) is 1. The maximum Gasteiger partial charge on any atom is 0.211 e. The van der Waals surface area contributed by atoms with Gasteiger partial charge in [-0.25, -0.2) is 0 Å². The molecule has 0 saturated heterocycles. The highest BCUT2D eigenvalue weighted by Crippen LogP contribution is 2.25. The zero-order valence-electron chi connectivity index (χ0n) is 12.8. The second kappa shape index (κ2) is 7.94. The predicted molar refractivity (Wildman–Crippen MR) is 85.7 cm³/mol. The van der Waals surface area contributed by atoms with E-state index in [4.69, 9.17) is 10.5 Å². The summed E-state index contributed by atoms with van der Waals surface area (Å²) in [4.78, 5) is 10.3. The summed E-state index contributed by atoms with van der Waals surface area (Å²) in [6.45, 7) is 9.48. The first-order chi connectivity index (χ1) is 9.97. The lowest BCUT2D eigenvalue weighted by Crippen LogP contribution is -2.06. The van der Waals surface area contributed by atoms with Crippen molar-refractivity contribution in [3.05, 3.63) is 71.0 Å². The van der Waals surface area contributed by atoms with Gasteiger partial charge in [0, 0.05) is 17.8 Å². The highest BCUT2D eigenvalue weighted by Gasteiger charge is 2.10. The molecule has 0 atom stereocenters.